The second-order valence-electron chi connectivity index (χ2n) is 3.93. The average Bonchev–Trinajstić information content (AvgIpc) is 2.33. The highest BCUT2D eigenvalue weighted by Crippen LogP contribution is 2.33. The van der Waals surface area contributed by atoms with Crippen molar-refractivity contribution in [2.45, 2.75) is 6.04 Å². The number of rotatable bonds is 2. The summed E-state index contributed by atoms with van der Waals surface area (Å²) in [6.07, 6.45) is 0. The van der Waals surface area contributed by atoms with E-state index >= 15 is 0 Å². The van der Waals surface area contributed by atoms with Crippen LogP contribution in [0.15, 0.2) is 34.8 Å². The molecule has 0 saturated heterocycles. The maximum Gasteiger partial charge on any atom is 0.160 e. The fourth-order valence-corrected chi connectivity index (χ4v) is 2.76. The summed E-state index contributed by atoms with van der Waals surface area (Å²) >= 11 is 15.2. The van der Waals surface area contributed by atoms with Crippen LogP contribution in [0, 0.1) is 11.6 Å². The van der Waals surface area contributed by atoms with Crippen LogP contribution in [0.2, 0.25) is 10.0 Å². The van der Waals surface area contributed by atoms with Crippen molar-refractivity contribution >= 4 is 39.1 Å². The maximum absolute atomic E-state index is 13.3. The molecule has 2 rings (SSSR count). The molecule has 0 aliphatic carbocycles. The summed E-state index contributed by atoms with van der Waals surface area (Å²) in [5, 5.41) is 0.480. The van der Waals surface area contributed by atoms with Gasteiger partial charge in [0.15, 0.2) is 11.6 Å². The van der Waals surface area contributed by atoms with Gasteiger partial charge in [0.05, 0.1) is 6.04 Å². The Hall–Kier alpha value is -0.680. The standard InChI is InChI=1S/C13H8BrCl2F2N/c14-6-1-2-7(9(15)3-6)13(19)8-4-11(17)12(18)5-10(8)16/h1-5,13H,19H2. The van der Waals surface area contributed by atoms with Crippen LogP contribution in [0.3, 0.4) is 0 Å². The lowest BCUT2D eigenvalue weighted by Gasteiger charge is -2.16. The summed E-state index contributed by atoms with van der Waals surface area (Å²) in [4.78, 5) is 0. The van der Waals surface area contributed by atoms with Crippen LogP contribution in [0.5, 0.6) is 0 Å². The number of hydrogen-bond acceptors (Lipinski definition) is 1. The number of benzene rings is 2. The molecule has 100 valence electrons. The molecule has 0 saturated carbocycles. The first-order chi connectivity index (χ1) is 8.90. The Morgan fingerprint density at radius 2 is 1.53 bits per heavy atom. The first-order valence-electron chi connectivity index (χ1n) is 5.25. The lowest BCUT2D eigenvalue weighted by atomic mass is 9.99. The second-order valence-corrected chi connectivity index (χ2v) is 5.66. The van der Waals surface area contributed by atoms with E-state index in [1.807, 2.05) is 0 Å². The highest BCUT2D eigenvalue weighted by atomic mass is 79.9. The first-order valence-corrected chi connectivity index (χ1v) is 6.80. The third kappa shape index (κ3) is 3.08. The van der Waals surface area contributed by atoms with Crippen LogP contribution < -0.4 is 5.73 Å². The molecule has 1 unspecified atom stereocenters. The first kappa shape index (κ1) is 14.7. The van der Waals surface area contributed by atoms with Gasteiger partial charge in [-0.3, -0.25) is 0 Å². The predicted molar refractivity (Wildman–Crippen MR) is 76.6 cm³/mol. The van der Waals surface area contributed by atoms with Crippen LogP contribution >= 0.6 is 39.1 Å². The van der Waals surface area contributed by atoms with Crippen LogP contribution in [-0.4, -0.2) is 0 Å². The van der Waals surface area contributed by atoms with E-state index in [-0.39, 0.29) is 10.6 Å². The topological polar surface area (TPSA) is 26.0 Å². The molecule has 0 fully saturated rings. The Bertz CT molecular complexity index is 634. The molecule has 0 aliphatic rings. The lowest BCUT2D eigenvalue weighted by Crippen LogP contribution is -2.13. The van der Waals surface area contributed by atoms with Gasteiger partial charge in [-0.15, -0.1) is 0 Å². The van der Waals surface area contributed by atoms with E-state index in [0.717, 1.165) is 16.6 Å². The van der Waals surface area contributed by atoms with Crippen molar-refractivity contribution in [2.75, 3.05) is 0 Å². The lowest BCUT2D eigenvalue weighted by molar-refractivity contribution is 0.506. The van der Waals surface area contributed by atoms with E-state index in [2.05, 4.69) is 15.9 Å². The Balaban J connectivity index is 2.49. The van der Waals surface area contributed by atoms with E-state index in [4.69, 9.17) is 28.9 Å². The van der Waals surface area contributed by atoms with Crippen LogP contribution in [-0.2, 0) is 0 Å². The number of nitrogens with two attached hydrogens (primary N) is 1. The van der Waals surface area contributed by atoms with Gasteiger partial charge in [-0.2, -0.15) is 0 Å². The minimum absolute atomic E-state index is 0.0605. The molecule has 19 heavy (non-hydrogen) atoms. The second kappa shape index (κ2) is 5.75. The summed E-state index contributed by atoms with van der Waals surface area (Å²) in [7, 11) is 0. The van der Waals surface area contributed by atoms with E-state index < -0.39 is 17.7 Å². The third-order valence-corrected chi connectivity index (χ3v) is 3.82. The molecule has 2 aromatic carbocycles. The SMILES string of the molecule is NC(c1ccc(Br)cc1Cl)c1cc(F)c(F)cc1Cl. The molecule has 0 bridgehead atoms. The smallest absolute Gasteiger partial charge is 0.160 e. The van der Waals surface area contributed by atoms with Gasteiger partial charge < -0.3 is 5.73 Å². The van der Waals surface area contributed by atoms with Gasteiger partial charge >= 0.3 is 0 Å². The van der Waals surface area contributed by atoms with E-state index in [1.165, 1.54) is 0 Å². The van der Waals surface area contributed by atoms with Gasteiger partial charge in [0.2, 0.25) is 0 Å². The third-order valence-electron chi connectivity index (χ3n) is 2.67. The van der Waals surface area contributed by atoms with Crippen LogP contribution in [0.25, 0.3) is 0 Å². The van der Waals surface area contributed by atoms with Crippen molar-refractivity contribution in [2.24, 2.45) is 5.73 Å². The molecule has 0 heterocycles. The van der Waals surface area contributed by atoms with Gasteiger partial charge in [-0.25, -0.2) is 8.78 Å². The molecule has 2 aromatic rings. The average molecular weight is 367 g/mol. The molecule has 1 nitrogen and oxygen atoms in total. The summed E-state index contributed by atoms with van der Waals surface area (Å²) in [5.41, 5.74) is 6.88. The van der Waals surface area contributed by atoms with E-state index in [9.17, 15) is 8.78 Å². The van der Waals surface area contributed by atoms with E-state index in [0.29, 0.717) is 10.6 Å². The van der Waals surface area contributed by atoms with Crippen molar-refractivity contribution in [1.82, 2.24) is 0 Å². The van der Waals surface area contributed by atoms with Gasteiger partial charge in [0, 0.05) is 14.5 Å². The molecule has 0 radical (unpaired) electrons. The van der Waals surface area contributed by atoms with Crippen molar-refractivity contribution in [1.29, 1.82) is 0 Å². The van der Waals surface area contributed by atoms with Crippen molar-refractivity contribution in [3.8, 4) is 0 Å². The molecule has 0 aromatic heterocycles. The maximum atomic E-state index is 13.3. The predicted octanol–water partition coefficient (Wildman–Crippen LogP) is 5.08. The quantitative estimate of drug-likeness (QED) is 0.736. The zero-order chi connectivity index (χ0) is 14.2. The summed E-state index contributed by atoms with van der Waals surface area (Å²) in [6.45, 7) is 0. The minimum Gasteiger partial charge on any atom is -0.320 e. The fourth-order valence-electron chi connectivity index (χ4n) is 1.70. The summed E-state index contributed by atoms with van der Waals surface area (Å²) < 4.78 is 27.1. The molecular formula is C13H8BrCl2F2N. The molecule has 1 atom stereocenters. The minimum atomic E-state index is -1.01. The molecule has 6 heteroatoms. The molecule has 0 spiro atoms. The molecular weight excluding hydrogens is 359 g/mol. The number of hydrogen-bond donors (Lipinski definition) is 1. The molecule has 2 N–H and O–H groups in total. The highest BCUT2D eigenvalue weighted by Gasteiger charge is 2.18. The summed E-state index contributed by atoms with van der Waals surface area (Å²) in [6, 6.07) is 6.29. The van der Waals surface area contributed by atoms with Crippen LogP contribution in [0.1, 0.15) is 17.2 Å². The van der Waals surface area contributed by atoms with E-state index in [1.54, 1.807) is 18.2 Å². The Morgan fingerprint density at radius 1 is 0.947 bits per heavy atom. The van der Waals surface area contributed by atoms with Crippen molar-refractivity contribution in [3.05, 3.63) is 67.6 Å². The van der Waals surface area contributed by atoms with Gasteiger partial charge in [0.25, 0.3) is 0 Å². The zero-order valence-corrected chi connectivity index (χ0v) is 12.5. The van der Waals surface area contributed by atoms with Gasteiger partial charge in [-0.05, 0) is 35.4 Å². The Morgan fingerprint density at radius 3 is 2.16 bits per heavy atom. The van der Waals surface area contributed by atoms with Gasteiger partial charge in [-0.1, -0.05) is 45.2 Å². The van der Waals surface area contributed by atoms with Gasteiger partial charge in [0.1, 0.15) is 0 Å². The highest BCUT2D eigenvalue weighted by molar-refractivity contribution is 9.10. The fraction of sp³-hybridized carbons (Fsp3) is 0.0769. The normalized spacial score (nSPS) is 12.5. The molecule has 0 aliphatic heterocycles. The zero-order valence-electron chi connectivity index (χ0n) is 9.43. The van der Waals surface area contributed by atoms with Crippen molar-refractivity contribution in [3.63, 3.8) is 0 Å². The van der Waals surface area contributed by atoms with Crippen molar-refractivity contribution < 1.29 is 8.78 Å². The largest absolute Gasteiger partial charge is 0.320 e. The Labute approximate surface area is 127 Å². The monoisotopic (exact) mass is 365 g/mol. The summed E-state index contributed by atoms with van der Waals surface area (Å²) in [5.74, 6) is -2.01. The van der Waals surface area contributed by atoms with Crippen LogP contribution in [0.4, 0.5) is 8.78 Å². The molecule has 0 amide bonds. The number of halogens is 5. The Kier molecular flexibility index (Phi) is 4.46.